The first-order chi connectivity index (χ1) is 5.22. The minimum absolute atomic E-state index is 0.170. The molecule has 4 heteroatoms. The van der Waals surface area contributed by atoms with Crippen LogP contribution in [0.3, 0.4) is 0 Å². The average Bonchev–Trinajstić information content (AvgIpc) is 1.97. The van der Waals surface area contributed by atoms with Crippen molar-refractivity contribution in [2.45, 2.75) is 6.04 Å². The molecule has 0 aliphatic carbocycles. The molecule has 64 valence electrons. The largest absolute Gasteiger partial charge is 0.480 e. The first-order valence-corrected chi connectivity index (χ1v) is 3.28. The lowest BCUT2D eigenvalue weighted by Gasteiger charge is -2.10. The Kier molecular flexibility index (Phi) is 5.42. The van der Waals surface area contributed by atoms with Crippen LogP contribution >= 0.6 is 0 Å². The fourth-order valence-corrected chi connectivity index (χ4v) is 0.610. The molecule has 0 saturated carbocycles. The molecule has 0 amide bonds. The molecule has 1 unspecified atom stereocenters. The van der Waals surface area contributed by atoms with Gasteiger partial charge < -0.3 is 9.84 Å². The highest BCUT2D eigenvalue weighted by molar-refractivity contribution is 5.73. The summed E-state index contributed by atoms with van der Waals surface area (Å²) in [6.07, 6.45) is 1.60. The Morgan fingerprint density at radius 2 is 2.55 bits per heavy atom. The molecule has 2 N–H and O–H groups in total. The molecule has 0 heterocycles. The van der Waals surface area contributed by atoms with E-state index in [0.29, 0.717) is 6.54 Å². The SMILES string of the molecule is C=CCNC(COC)C(=O)O. The van der Waals surface area contributed by atoms with Gasteiger partial charge in [0, 0.05) is 13.7 Å². The van der Waals surface area contributed by atoms with Gasteiger partial charge in [-0.05, 0) is 0 Å². The van der Waals surface area contributed by atoms with E-state index in [-0.39, 0.29) is 6.61 Å². The number of methoxy groups -OCH3 is 1. The number of hydrogen-bond donors (Lipinski definition) is 2. The van der Waals surface area contributed by atoms with Gasteiger partial charge >= 0.3 is 5.97 Å². The molecule has 0 aromatic heterocycles. The molecule has 0 aliphatic rings. The summed E-state index contributed by atoms with van der Waals surface area (Å²) >= 11 is 0. The van der Waals surface area contributed by atoms with E-state index >= 15 is 0 Å². The zero-order chi connectivity index (χ0) is 8.69. The molecule has 0 spiro atoms. The van der Waals surface area contributed by atoms with E-state index in [4.69, 9.17) is 5.11 Å². The van der Waals surface area contributed by atoms with Gasteiger partial charge in [0.2, 0.25) is 0 Å². The van der Waals surface area contributed by atoms with Crippen molar-refractivity contribution >= 4 is 5.97 Å². The normalized spacial score (nSPS) is 12.5. The molecule has 0 aromatic rings. The Morgan fingerprint density at radius 3 is 2.91 bits per heavy atom. The predicted octanol–water partition coefficient (Wildman–Crippen LogP) is -0.138. The van der Waals surface area contributed by atoms with Gasteiger partial charge in [0.05, 0.1) is 6.61 Å². The maximum absolute atomic E-state index is 10.4. The zero-order valence-corrected chi connectivity index (χ0v) is 6.54. The van der Waals surface area contributed by atoms with Crippen LogP contribution in [0.4, 0.5) is 0 Å². The van der Waals surface area contributed by atoms with E-state index in [2.05, 4.69) is 16.6 Å². The number of rotatable bonds is 6. The summed E-state index contributed by atoms with van der Waals surface area (Å²) in [6.45, 7) is 4.10. The van der Waals surface area contributed by atoms with Crippen molar-refractivity contribution in [3.8, 4) is 0 Å². The number of carbonyl (C=O) groups is 1. The van der Waals surface area contributed by atoms with Crippen molar-refractivity contribution in [3.63, 3.8) is 0 Å². The minimum Gasteiger partial charge on any atom is -0.480 e. The fourth-order valence-electron chi connectivity index (χ4n) is 0.610. The number of nitrogens with one attached hydrogen (secondary N) is 1. The van der Waals surface area contributed by atoms with E-state index < -0.39 is 12.0 Å². The predicted molar refractivity (Wildman–Crippen MR) is 41.5 cm³/mol. The molecule has 0 fully saturated rings. The van der Waals surface area contributed by atoms with Gasteiger partial charge in [0.15, 0.2) is 0 Å². The summed E-state index contributed by atoms with van der Waals surface area (Å²) in [4.78, 5) is 10.4. The standard InChI is InChI=1S/C7H13NO3/c1-3-4-8-6(5-11-2)7(9)10/h3,6,8H,1,4-5H2,2H3,(H,9,10). The molecule has 0 rings (SSSR count). The molecule has 4 nitrogen and oxygen atoms in total. The van der Waals surface area contributed by atoms with E-state index in [1.807, 2.05) is 0 Å². The van der Waals surface area contributed by atoms with E-state index in [1.165, 1.54) is 7.11 Å². The summed E-state index contributed by atoms with van der Waals surface area (Å²) in [7, 11) is 1.46. The van der Waals surface area contributed by atoms with Crippen molar-refractivity contribution in [2.75, 3.05) is 20.3 Å². The summed E-state index contributed by atoms with van der Waals surface area (Å²) in [5, 5.41) is 11.3. The summed E-state index contributed by atoms with van der Waals surface area (Å²) in [5.41, 5.74) is 0. The molecule has 0 aliphatic heterocycles. The van der Waals surface area contributed by atoms with Crippen molar-refractivity contribution in [1.29, 1.82) is 0 Å². The Bertz CT molecular complexity index is 136. The van der Waals surface area contributed by atoms with E-state index in [1.54, 1.807) is 6.08 Å². The lowest BCUT2D eigenvalue weighted by molar-refractivity contribution is -0.140. The van der Waals surface area contributed by atoms with Crippen molar-refractivity contribution in [3.05, 3.63) is 12.7 Å². The number of carboxylic acids is 1. The topological polar surface area (TPSA) is 58.6 Å². The molecule has 1 atom stereocenters. The van der Waals surface area contributed by atoms with Crippen LogP contribution in [0.5, 0.6) is 0 Å². The maximum Gasteiger partial charge on any atom is 0.323 e. The summed E-state index contributed by atoms with van der Waals surface area (Å²) < 4.78 is 4.68. The van der Waals surface area contributed by atoms with Crippen LogP contribution in [-0.4, -0.2) is 37.4 Å². The fraction of sp³-hybridized carbons (Fsp3) is 0.571. The van der Waals surface area contributed by atoms with Gasteiger partial charge in [-0.25, -0.2) is 0 Å². The van der Waals surface area contributed by atoms with Gasteiger partial charge in [-0.2, -0.15) is 0 Å². The second-order valence-corrected chi connectivity index (χ2v) is 2.04. The molecule has 11 heavy (non-hydrogen) atoms. The molecular weight excluding hydrogens is 146 g/mol. The van der Waals surface area contributed by atoms with Crippen LogP contribution in [0.1, 0.15) is 0 Å². The molecule has 0 radical (unpaired) electrons. The number of carboxylic acid groups (broad SMARTS) is 1. The third-order valence-electron chi connectivity index (χ3n) is 1.14. The van der Waals surface area contributed by atoms with Crippen molar-refractivity contribution in [2.24, 2.45) is 0 Å². The maximum atomic E-state index is 10.4. The Morgan fingerprint density at radius 1 is 1.91 bits per heavy atom. The van der Waals surface area contributed by atoms with Crippen molar-refractivity contribution in [1.82, 2.24) is 5.32 Å². The third kappa shape index (κ3) is 4.52. The highest BCUT2D eigenvalue weighted by atomic mass is 16.5. The number of aliphatic carboxylic acids is 1. The average molecular weight is 159 g/mol. The van der Waals surface area contributed by atoms with Crippen LogP contribution in [0.15, 0.2) is 12.7 Å². The van der Waals surface area contributed by atoms with Gasteiger partial charge in [0.25, 0.3) is 0 Å². The molecule has 0 bridgehead atoms. The first-order valence-electron chi connectivity index (χ1n) is 3.28. The highest BCUT2D eigenvalue weighted by Gasteiger charge is 2.14. The van der Waals surface area contributed by atoms with Crippen LogP contribution in [0.2, 0.25) is 0 Å². The second-order valence-electron chi connectivity index (χ2n) is 2.04. The van der Waals surface area contributed by atoms with Crippen LogP contribution in [0, 0.1) is 0 Å². The number of hydrogen-bond acceptors (Lipinski definition) is 3. The lowest BCUT2D eigenvalue weighted by Crippen LogP contribution is -2.40. The summed E-state index contributed by atoms with van der Waals surface area (Å²) in [5.74, 6) is -0.909. The monoisotopic (exact) mass is 159 g/mol. The second kappa shape index (κ2) is 5.88. The summed E-state index contributed by atoms with van der Waals surface area (Å²) in [6, 6.07) is -0.641. The molecular formula is C7H13NO3. The lowest BCUT2D eigenvalue weighted by atomic mass is 10.3. The van der Waals surface area contributed by atoms with Crippen LogP contribution in [-0.2, 0) is 9.53 Å². The van der Waals surface area contributed by atoms with Gasteiger partial charge in [-0.15, -0.1) is 6.58 Å². The minimum atomic E-state index is -0.909. The highest BCUT2D eigenvalue weighted by Crippen LogP contribution is 1.84. The van der Waals surface area contributed by atoms with Crippen LogP contribution < -0.4 is 5.32 Å². The smallest absolute Gasteiger partial charge is 0.323 e. The van der Waals surface area contributed by atoms with Gasteiger partial charge in [-0.1, -0.05) is 6.08 Å². The van der Waals surface area contributed by atoms with E-state index in [9.17, 15) is 4.79 Å². The Labute approximate surface area is 65.9 Å². The first kappa shape index (κ1) is 10.1. The number of ether oxygens (including phenoxy) is 1. The van der Waals surface area contributed by atoms with Gasteiger partial charge in [-0.3, -0.25) is 10.1 Å². The molecule has 0 aromatic carbocycles. The zero-order valence-electron chi connectivity index (χ0n) is 6.54. The van der Waals surface area contributed by atoms with Crippen molar-refractivity contribution < 1.29 is 14.6 Å². The van der Waals surface area contributed by atoms with E-state index in [0.717, 1.165) is 0 Å². The molecule has 0 saturated heterocycles. The van der Waals surface area contributed by atoms with Crippen LogP contribution in [0.25, 0.3) is 0 Å². The Balaban J connectivity index is 3.68. The van der Waals surface area contributed by atoms with Gasteiger partial charge in [0.1, 0.15) is 6.04 Å². The Hall–Kier alpha value is -0.870. The third-order valence-corrected chi connectivity index (χ3v) is 1.14. The quantitative estimate of drug-likeness (QED) is 0.530.